The molecule has 2 aromatic heterocycles. The molecule has 0 saturated carbocycles. The fourth-order valence-corrected chi connectivity index (χ4v) is 3.60. The van der Waals surface area contributed by atoms with Crippen LogP contribution in [0.25, 0.3) is 16.6 Å². The first-order valence-electron chi connectivity index (χ1n) is 9.02. The number of nitriles is 1. The molecule has 4 N–H and O–H groups in total. The van der Waals surface area contributed by atoms with Gasteiger partial charge >= 0.3 is 5.69 Å². The molecule has 31 heavy (non-hydrogen) atoms. The van der Waals surface area contributed by atoms with Gasteiger partial charge < -0.3 is 15.5 Å². The zero-order valence-corrected chi connectivity index (χ0v) is 17.3. The summed E-state index contributed by atoms with van der Waals surface area (Å²) < 4.78 is 6.84. The Kier molecular flexibility index (Phi) is 5.52. The van der Waals surface area contributed by atoms with Crippen LogP contribution in [0.1, 0.15) is 11.3 Å². The van der Waals surface area contributed by atoms with Crippen LogP contribution in [0.5, 0.6) is 11.5 Å². The predicted octanol–water partition coefficient (Wildman–Crippen LogP) is 2.87. The number of nitrogens with zero attached hydrogens (tertiary/aromatic N) is 3. The number of ether oxygens (including phenoxy) is 1. The molecule has 0 aliphatic heterocycles. The number of nitrogens with one attached hydrogen (secondary N) is 2. The summed E-state index contributed by atoms with van der Waals surface area (Å²) in [5.74, 6) is 0.588. The van der Waals surface area contributed by atoms with E-state index in [0.717, 1.165) is 10.2 Å². The van der Waals surface area contributed by atoms with Crippen LogP contribution in [0.2, 0.25) is 10.0 Å². The Hall–Kier alpha value is -3.58. The highest BCUT2D eigenvalue weighted by Gasteiger charge is 2.15. The predicted molar refractivity (Wildman–Crippen MR) is 116 cm³/mol. The highest BCUT2D eigenvalue weighted by Crippen LogP contribution is 2.38. The van der Waals surface area contributed by atoms with Gasteiger partial charge in [0.15, 0.2) is 5.75 Å². The highest BCUT2D eigenvalue weighted by molar-refractivity contribution is 6.37. The van der Waals surface area contributed by atoms with Crippen LogP contribution in [0.15, 0.2) is 46.1 Å². The maximum Gasteiger partial charge on any atom is 0.349 e. The van der Waals surface area contributed by atoms with E-state index in [9.17, 15) is 14.9 Å². The van der Waals surface area contributed by atoms with Gasteiger partial charge in [-0.1, -0.05) is 23.2 Å². The first-order chi connectivity index (χ1) is 14.9. The van der Waals surface area contributed by atoms with Gasteiger partial charge in [-0.15, -0.1) is 0 Å². The van der Waals surface area contributed by atoms with Crippen molar-refractivity contribution in [2.45, 2.75) is 6.42 Å². The molecule has 0 amide bonds. The Balaban J connectivity index is 1.73. The molecule has 0 saturated heterocycles. The van der Waals surface area contributed by atoms with E-state index in [-0.39, 0.29) is 40.1 Å². The van der Waals surface area contributed by atoms with Crippen molar-refractivity contribution in [3.63, 3.8) is 0 Å². The molecule has 0 unspecified atom stereocenters. The largest absolute Gasteiger partial charge is 0.454 e. The minimum atomic E-state index is -0.742. The SMILES string of the molecule is N#Cc1c[nH]c2ccc(Oc3c(Cl)cc(-n4nc(CCN)c(=O)[nH]c4=O)cc3Cl)cc12. The van der Waals surface area contributed by atoms with Gasteiger partial charge in [0.2, 0.25) is 0 Å². The number of hydrogen-bond acceptors (Lipinski definition) is 6. The van der Waals surface area contributed by atoms with Crippen LogP contribution in [0, 0.1) is 11.3 Å². The second-order valence-corrected chi connectivity index (χ2v) is 7.33. The van der Waals surface area contributed by atoms with Crippen LogP contribution in [-0.2, 0) is 6.42 Å². The Morgan fingerprint density at radius 1 is 1.19 bits per heavy atom. The minimum Gasteiger partial charge on any atom is -0.454 e. The van der Waals surface area contributed by atoms with Crippen molar-refractivity contribution in [2.75, 3.05) is 6.54 Å². The number of aromatic amines is 2. The number of rotatable bonds is 5. The quantitative estimate of drug-likeness (QED) is 0.421. The van der Waals surface area contributed by atoms with E-state index >= 15 is 0 Å². The normalized spacial score (nSPS) is 10.9. The van der Waals surface area contributed by atoms with Crippen LogP contribution < -0.4 is 21.7 Å². The van der Waals surface area contributed by atoms with Gasteiger partial charge in [0.05, 0.1) is 21.3 Å². The maximum absolute atomic E-state index is 12.2. The third-order valence-electron chi connectivity index (χ3n) is 4.50. The average Bonchev–Trinajstić information content (AvgIpc) is 3.15. The number of nitrogens with two attached hydrogens (primary N) is 1. The van der Waals surface area contributed by atoms with E-state index in [0.29, 0.717) is 16.7 Å². The minimum absolute atomic E-state index is 0.114. The maximum atomic E-state index is 12.2. The fraction of sp³-hybridized carbons (Fsp3) is 0.100. The summed E-state index contributed by atoms with van der Waals surface area (Å²) in [5.41, 5.74) is 5.77. The molecule has 0 fully saturated rings. The van der Waals surface area contributed by atoms with Crippen molar-refractivity contribution in [1.29, 1.82) is 5.26 Å². The van der Waals surface area contributed by atoms with Gasteiger partial charge in [-0.25, -0.2) is 4.79 Å². The fourth-order valence-electron chi connectivity index (χ4n) is 3.05. The van der Waals surface area contributed by atoms with E-state index in [4.69, 9.17) is 33.7 Å². The molecule has 0 radical (unpaired) electrons. The van der Waals surface area contributed by atoms with Crippen LogP contribution >= 0.6 is 23.2 Å². The summed E-state index contributed by atoms with van der Waals surface area (Å²) >= 11 is 12.7. The molecule has 0 aliphatic carbocycles. The van der Waals surface area contributed by atoms with E-state index in [1.54, 1.807) is 24.4 Å². The van der Waals surface area contributed by atoms with Crippen molar-refractivity contribution in [1.82, 2.24) is 19.7 Å². The lowest BCUT2D eigenvalue weighted by Crippen LogP contribution is -2.34. The van der Waals surface area contributed by atoms with Crippen molar-refractivity contribution in [3.8, 4) is 23.3 Å². The molecule has 0 spiro atoms. The molecule has 0 aliphatic rings. The first-order valence-corrected chi connectivity index (χ1v) is 9.78. The summed E-state index contributed by atoms with van der Waals surface area (Å²) in [6.45, 7) is 0.196. The Morgan fingerprint density at radius 3 is 2.61 bits per heavy atom. The van der Waals surface area contributed by atoms with E-state index in [1.165, 1.54) is 12.1 Å². The van der Waals surface area contributed by atoms with Crippen molar-refractivity contribution in [2.24, 2.45) is 5.73 Å². The molecule has 4 rings (SSSR count). The third-order valence-corrected chi connectivity index (χ3v) is 5.06. The molecular formula is C20H14Cl2N6O3. The molecule has 0 bridgehead atoms. The number of fused-ring (bicyclic) bond motifs is 1. The Morgan fingerprint density at radius 2 is 1.94 bits per heavy atom. The molecule has 2 heterocycles. The van der Waals surface area contributed by atoms with E-state index < -0.39 is 11.2 Å². The van der Waals surface area contributed by atoms with E-state index in [2.05, 4.69) is 21.1 Å². The van der Waals surface area contributed by atoms with Gasteiger partial charge in [-0.2, -0.15) is 15.0 Å². The number of hydrogen-bond donors (Lipinski definition) is 3. The molecule has 2 aromatic carbocycles. The smallest absolute Gasteiger partial charge is 0.349 e. The van der Waals surface area contributed by atoms with Gasteiger partial charge in [-0.05, 0) is 36.9 Å². The Labute approximate surface area is 184 Å². The molecule has 4 aromatic rings. The van der Waals surface area contributed by atoms with Gasteiger partial charge in [0.1, 0.15) is 17.5 Å². The molecule has 11 heteroatoms. The second kappa shape index (κ2) is 8.28. The van der Waals surface area contributed by atoms with Gasteiger partial charge in [0, 0.05) is 23.5 Å². The number of H-pyrrole nitrogens is 2. The standard InChI is InChI=1S/C20H14Cl2N6O3/c21-14-5-11(28-20(30)26-19(29)17(27-28)3-4-23)6-15(22)18(14)31-12-1-2-16-13(7-12)10(8-24)9-25-16/h1-2,5-7,9,25H,3-4,23H2,(H,26,29,30). The number of halogens is 2. The molecule has 9 nitrogen and oxygen atoms in total. The van der Waals surface area contributed by atoms with E-state index in [1.807, 2.05) is 0 Å². The lowest BCUT2D eigenvalue weighted by atomic mass is 10.2. The summed E-state index contributed by atoms with van der Waals surface area (Å²) in [5, 5.41) is 14.2. The zero-order valence-electron chi connectivity index (χ0n) is 15.8. The van der Waals surface area contributed by atoms with Crippen molar-refractivity contribution < 1.29 is 4.74 Å². The second-order valence-electron chi connectivity index (χ2n) is 6.52. The summed E-state index contributed by atoms with van der Waals surface area (Å²) in [6, 6.07) is 10.1. The summed E-state index contributed by atoms with van der Waals surface area (Å²) in [4.78, 5) is 29.3. The third kappa shape index (κ3) is 3.92. The topological polar surface area (TPSA) is 143 Å². The van der Waals surface area contributed by atoms with Crippen molar-refractivity contribution in [3.05, 3.63) is 78.7 Å². The van der Waals surface area contributed by atoms with Crippen LogP contribution in [-0.4, -0.2) is 26.3 Å². The number of aromatic nitrogens is 4. The van der Waals surface area contributed by atoms with Gasteiger partial charge in [0.25, 0.3) is 5.56 Å². The Bertz CT molecular complexity index is 1440. The van der Waals surface area contributed by atoms with Crippen LogP contribution in [0.4, 0.5) is 0 Å². The average molecular weight is 457 g/mol. The number of benzene rings is 2. The summed E-state index contributed by atoms with van der Waals surface area (Å²) in [7, 11) is 0. The van der Waals surface area contributed by atoms with Crippen molar-refractivity contribution >= 4 is 34.1 Å². The zero-order chi connectivity index (χ0) is 22.1. The van der Waals surface area contributed by atoms with Gasteiger partial charge in [-0.3, -0.25) is 9.78 Å². The molecule has 156 valence electrons. The molecule has 0 atom stereocenters. The first kappa shape index (κ1) is 20.7. The monoisotopic (exact) mass is 456 g/mol. The summed E-state index contributed by atoms with van der Waals surface area (Å²) in [6.07, 6.45) is 1.81. The van der Waals surface area contributed by atoms with Crippen LogP contribution in [0.3, 0.4) is 0 Å². The highest BCUT2D eigenvalue weighted by atomic mass is 35.5. The lowest BCUT2D eigenvalue weighted by Gasteiger charge is -2.12. The molecular weight excluding hydrogens is 443 g/mol. The lowest BCUT2D eigenvalue weighted by molar-refractivity contribution is 0.483.